The average Bonchev–Trinajstić information content (AvgIpc) is 3.23. The van der Waals surface area contributed by atoms with Crippen LogP contribution < -0.4 is 4.90 Å². The highest BCUT2D eigenvalue weighted by molar-refractivity contribution is 5.88. The van der Waals surface area contributed by atoms with Gasteiger partial charge in [-0.1, -0.05) is 152 Å². The lowest BCUT2D eigenvalue weighted by atomic mass is 9.93. The Kier molecular flexibility index (Phi) is 11.1. The predicted molar refractivity (Wildman–Crippen MR) is 234 cm³/mol. The van der Waals surface area contributed by atoms with Crippen LogP contribution in [0, 0.1) is 12.3 Å². The Morgan fingerprint density at radius 3 is 1.74 bits per heavy atom. The van der Waals surface area contributed by atoms with Crippen molar-refractivity contribution >= 4 is 33.3 Å². The number of anilines is 2. The third-order valence-corrected chi connectivity index (χ3v) is 10.1. The molecule has 54 heavy (non-hydrogen) atoms. The second-order valence-corrected chi connectivity index (χ2v) is 13.8. The number of rotatable bonds is 11. The van der Waals surface area contributed by atoms with E-state index in [2.05, 4.69) is 220 Å². The summed E-state index contributed by atoms with van der Waals surface area (Å²) in [4.78, 5) is 2.36. The van der Waals surface area contributed by atoms with Gasteiger partial charge in [-0.25, -0.2) is 0 Å². The van der Waals surface area contributed by atoms with Gasteiger partial charge in [0.05, 0.1) is 0 Å². The molecule has 0 aromatic heterocycles. The summed E-state index contributed by atoms with van der Waals surface area (Å²) in [6.45, 7) is 6.54. The Bertz CT molecular complexity index is 2490. The number of fused-ring (bicyclic) bond motifs is 1. The smallest absolute Gasteiger partial charge is 0.0464 e. The molecule has 1 nitrogen and oxygen atoms in total. The molecule has 0 aliphatic carbocycles. The summed E-state index contributed by atoms with van der Waals surface area (Å²) >= 11 is 0. The van der Waals surface area contributed by atoms with Gasteiger partial charge in [0.2, 0.25) is 0 Å². The van der Waals surface area contributed by atoms with Gasteiger partial charge in [-0.15, -0.1) is 12.3 Å². The van der Waals surface area contributed by atoms with Crippen molar-refractivity contribution in [1.82, 2.24) is 0 Å². The van der Waals surface area contributed by atoms with Crippen LogP contribution >= 0.6 is 0 Å². The lowest BCUT2D eigenvalue weighted by Gasteiger charge is -2.27. The third-order valence-electron chi connectivity index (χ3n) is 10.1. The number of benzene rings is 7. The largest absolute Gasteiger partial charge is 0.314 e. The van der Waals surface area contributed by atoms with E-state index in [-0.39, 0.29) is 0 Å². The quantitative estimate of drug-likeness (QED) is 0.0740. The van der Waals surface area contributed by atoms with E-state index >= 15 is 0 Å². The Labute approximate surface area is 321 Å². The molecular weight excluding hydrogens is 651 g/mol. The van der Waals surface area contributed by atoms with Crippen LogP contribution in [-0.2, 0) is 0 Å². The first-order chi connectivity index (χ1) is 26.5. The fourth-order valence-corrected chi connectivity index (χ4v) is 7.02. The van der Waals surface area contributed by atoms with Gasteiger partial charge in [-0.05, 0) is 130 Å². The first-order valence-corrected chi connectivity index (χ1v) is 18.7. The van der Waals surface area contributed by atoms with E-state index in [1.54, 1.807) is 0 Å². The Hall–Kier alpha value is -6.62. The topological polar surface area (TPSA) is 3.24 Å². The van der Waals surface area contributed by atoms with Crippen molar-refractivity contribution in [2.75, 3.05) is 4.90 Å². The van der Waals surface area contributed by atoms with Crippen LogP contribution in [0.5, 0.6) is 0 Å². The molecule has 0 heterocycles. The normalized spacial score (nSPS) is 12.1. The molecule has 0 saturated carbocycles. The summed E-state index contributed by atoms with van der Waals surface area (Å²) in [5.41, 5.74) is 15.4. The molecule has 0 aliphatic heterocycles. The molecule has 7 rings (SSSR count). The summed E-state index contributed by atoms with van der Waals surface area (Å²) in [5.74, 6) is 2.72. The number of nitrogens with zero attached hydrogens (tertiary/aromatic N) is 1. The Balaban J connectivity index is 1.28. The molecule has 0 unspecified atom stereocenters. The molecule has 0 spiro atoms. The molecule has 0 aliphatic rings. The second kappa shape index (κ2) is 16.8. The molecule has 0 radical (unpaired) electrons. The molecular formula is C53H45N. The maximum absolute atomic E-state index is 5.45. The SMILES string of the molecule is C#CCC/C=C(\C)c1ccc(-c2ccc(N(/C(C)=C/C=C(\C)c3ccc4ccccc4c3)c3ccc(-c4ccccc4)c(-c4ccccc4)c3)cc2)cc1. The molecule has 1 heteroatoms. The molecule has 262 valence electrons. The standard InChI is InChI=1S/C53H45N/c1-5-6-9-16-39(2)42-25-27-44(28-26-42)45-31-33-50(34-32-45)54(41(4)24-23-40(3)48-30-29-43-17-14-15-22-49(43)37-48)51-35-36-52(46-18-10-7-11-19-46)53(38-51)47-20-12-8-13-21-47/h1,7-8,10-38H,6,9H2,2-4H3/b39-16+,40-23+,41-24+. The number of terminal acetylenes is 1. The third kappa shape index (κ3) is 8.20. The Morgan fingerprint density at radius 2 is 1.07 bits per heavy atom. The average molecular weight is 696 g/mol. The maximum atomic E-state index is 5.45. The van der Waals surface area contributed by atoms with Crippen LogP contribution in [0.2, 0.25) is 0 Å². The van der Waals surface area contributed by atoms with Crippen LogP contribution in [0.4, 0.5) is 11.4 Å². The zero-order chi connectivity index (χ0) is 37.3. The van der Waals surface area contributed by atoms with Crippen LogP contribution in [0.15, 0.2) is 194 Å². The second-order valence-electron chi connectivity index (χ2n) is 13.8. The van der Waals surface area contributed by atoms with Gasteiger partial charge in [0, 0.05) is 23.5 Å². The van der Waals surface area contributed by atoms with Crippen molar-refractivity contribution in [3.8, 4) is 45.7 Å². The molecule has 0 atom stereocenters. The van der Waals surface area contributed by atoms with Gasteiger partial charge >= 0.3 is 0 Å². The lowest BCUT2D eigenvalue weighted by Crippen LogP contribution is -2.14. The number of hydrogen-bond acceptors (Lipinski definition) is 1. The van der Waals surface area contributed by atoms with E-state index in [0.29, 0.717) is 0 Å². The van der Waals surface area contributed by atoms with Crippen molar-refractivity contribution in [3.05, 3.63) is 205 Å². The lowest BCUT2D eigenvalue weighted by molar-refractivity contribution is 1.09. The zero-order valence-corrected chi connectivity index (χ0v) is 31.3. The van der Waals surface area contributed by atoms with Crippen LogP contribution in [0.25, 0.3) is 55.3 Å². The fourth-order valence-electron chi connectivity index (χ4n) is 7.02. The van der Waals surface area contributed by atoms with Gasteiger partial charge < -0.3 is 4.90 Å². The number of hydrogen-bond donors (Lipinski definition) is 0. The highest BCUT2D eigenvalue weighted by Gasteiger charge is 2.16. The molecule has 0 N–H and O–H groups in total. The zero-order valence-electron chi connectivity index (χ0n) is 31.3. The van der Waals surface area contributed by atoms with E-state index in [4.69, 9.17) is 6.42 Å². The summed E-state index contributed by atoms with van der Waals surface area (Å²) in [6.07, 6.45) is 13.8. The highest BCUT2D eigenvalue weighted by Crippen LogP contribution is 2.39. The summed E-state index contributed by atoms with van der Waals surface area (Å²) in [5, 5.41) is 2.50. The fraction of sp³-hybridized carbons (Fsp3) is 0.0943. The maximum Gasteiger partial charge on any atom is 0.0464 e. The molecule has 0 amide bonds. The first kappa shape index (κ1) is 35.8. The van der Waals surface area contributed by atoms with E-state index < -0.39 is 0 Å². The van der Waals surface area contributed by atoms with E-state index in [9.17, 15) is 0 Å². The minimum absolute atomic E-state index is 0.762. The first-order valence-electron chi connectivity index (χ1n) is 18.7. The van der Waals surface area contributed by atoms with E-state index in [1.165, 1.54) is 66.4 Å². The highest BCUT2D eigenvalue weighted by atomic mass is 15.1. The van der Waals surface area contributed by atoms with Crippen molar-refractivity contribution in [2.24, 2.45) is 0 Å². The summed E-state index contributed by atoms with van der Waals surface area (Å²) in [7, 11) is 0. The van der Waals surface area contributed by atoms with Gasteiger partial charge in [-0.3, -0.25) is 0 Å². The molecule has 7 aromatic carbocycles. The van der Waals surface area contributed by atoms with Crippen molar-refractivity contribution < 1.29 is 0 Å². The van der Waals surface area contributed by atoms with Crippen molar-refractivity contribution in [2.45, 2.75) is 33.6 Å². The van der Waals surface area contributed by atoms with Crippen molar-refractivity contribution in [3.63, 3.8) is 0 Å². The van der Waals surface area contributed by atoms with Crippen LogP contribution in [0.3, 0.4) is 0 Å². The monoisotopic (exact) mass is 695 g/mol. The van der Waals surface area contributed by atoms with Gasteiger partial charge in [-0.2, -0.15) is 0 Å². The molecule has 0 fully saturated rings. The molecule has 7 aromatic rings. The van der Waals surface area contributed by atoms with Crippen LogP contribution in [-0.4, -0.2) is 0 Å². The minimum Gasteiger partial charge on any atom is -0.314 e. The van der Waals surface area contributed by atoms with Gasteiger partial charge in [0.25, 0.3) is 0 Å². The summed E-state index contributed by atoms with van der Waals surface area (Å²) in [6, 6.07) is 61.2. The van der Waals surface area contributed by atoms with Crippen molar-refractivity contribution in [1.29, 1.82) is 0 Å². The Morgan fingerprint density at radius 1 is 0.500 bits per heavy atom. The van der Waals surface area contributed by atoms with Gasteiger partial charge in [0.1, 0.15) is 0 Å². The molecule has 0 saturated heterocycles. The van der Waals surface area contributed by atoms with Gasteiger partial charge in [0.15, 0.2) is 0 Å². The summed E-state index contributed by atoms with van der Waals surface area (Å²) < 4.78 is 0. The number of unbranched alkanes of at least 4 members (excludes halogenated alkanes) is 1. The van der Waals surface area contributed by atoms with E-state index in [1.807, 2.05) is 0 Å². The van der Waals surface area contributed by atoms with Crippen LogP contribution in [0.1, 0.15) is 44.7 Å². The predicted octanol–water partition coefficient (Wildman–Crippen LogP) is 14.8. The number of allylic oxidation sites excluding steroid dienone is 6. The molecule has 0 bridgehead atoms. The minimum atomic E-state index is 0.762. The van der Waals surface area contributed by atoms with E-state index in [0.717, 1.165) is 29.9 Å².